The fourth-order valence-corrected chi connectivity index (χ4v) is 3.34. The first-order chi connectivity index (χ1) is 12.4. The fourth-order valence-electron chi connectivity index (χ4n) is 2.37. The lowest BCUT2D eigenvalue weighted by Gasteiger charge is -2.09. The van der Waals surface area contributed by atoms with Crippen LogP contribution in [0.25, 0.3) is 0 Å². The normalized spacial score (nSPS) is 11.2. The number of hydrogen-bond donors (Lipinski definition) is 1. The van der Waals surface area contributed by atoms with Crippen LogP contribution in [-0.4, -0.2) is 25.7 Å². The molecule has 2 aromatic carbocycles. The Labute approximate surface area is 154 Å². The highest BCUT2D eigenvalue weighted by atomic mass is 32.2. The predicted molar refractivity (Wildman–Crippen MR) is 96.4 cm³/mol. The van der Waals surface area contributed by atoms with Gasteiger partial charge in [0.05, 0.1) is 7.11 Å². The van der Waals surface area contributed by atoms with Crippen LogP contribution in [0.15, 0.2) is 53.4 Å². The summed E-state index contributed by atoms with van der Waals surface area (Å²) in [5, 5.41) is 1.88. The van der Waals surface area contributed by atoms with Crippen molar-refractivity contribution in [2.45, 2.75) is 29.7 Å². The van der Waals surface area contributed by atoms with E-state index in [1.165, 1.54) is 0 Å². The van der Waals surface area contributed by atoms with E-state index in [0.717, 1.165) is 27.5 Å². The van der Waals surface area contributed by atoms with Gasteiger partial charge in [-0.05, 0) is 36.6 Å². The number of rotatable bonds is 8. The molecule has 0 unspecified atom stereocenters. The van der Waals surface area contributed by atoms with Gasteiger partial charge in [0.2, 0.25) is 0 Å². The molecule has 1 amide bonds. The van der Waals surface area contributed by atoms with Crippen molar-refractivity contribution in [1.82, 2.24) is 5.32 Å². The molecule has 3 nitrogen and oxygen atoms in total. The van der Waals surface area contributed by atoms with Crippen molar-refractivity contribution in [3.05, 3.63) is 59.7 Å². The lowest BCUT2D eigenvalue weighted by molar-refractivity contribution is -0.173. The fraction of sp³-hybridized carbons (Fsp3) is 0.316. The first-order valence-corrected chi connectivity index (χ1v) is 9.07. The van der Waals surface area contributed by atoms with Crippen LogP contribution in [0.5, 0.6) is 5.75 Å². The van der Waals surface area contributed by atoms with Gasteiger partial charge in [-0.2, -0.15) is 13.2 Å². The zero-order valence-electron chi connectivity index (χ0n) is 14.3. The molecule has 0 aliphatic heterocycles. The van der Waals surface area contributed by atoms with Gasteiger partial charge in [-0.15, -0.1) is 11.8 Å². The summed E-state index contributed by atoms with van der Waals surface area (Å²) >= 11 is 1.67. The largest absolute Gasteiger partial charge is 0.496 e. The molecule has 0 aromatic heterocycles. The average molecular weight is 383 g/mol. The van der Waals surface area contributed by atoms with E-state index in [9.17, 15) is 18.0 Å². The minimum atomic E-state index is -4.82. The molecule has 0 aliphatic carbocycles. The zero-order chi connectivity index (χ0) is 19.0. The number of methoxy groups -OCH3 is 1. The van der Waals surface area contributed by atoms with Crippen molar-refractivity contribution in [3.63, 3.8) is 0 Å². The van der Waals surface area contributed by atoms with Gasteiger partial charge in [-0.25, -0.2) is 0 Å². The van der Waals surface area contributed by atoms with Gasteiger partial charge < -0.3 is 10.1 Å². The van der Waals surface area contributed by atoms with E-state index >= 15 is 0 Å². The van der Waals surface area contributed by atoms with Gasteiger partial charge in [-0.1, -0.05) is 30.3 Å². The Bertz CT molecular complexity index is 735. The minimum Gasteiger partial charge on any atom is -0.496 e. The van der Waals surface area contributed by atoms with Gasteiger partial charge in [0.25, 0.3) is 0 Å². The molecule has 0 saturated heterocycles. The highest BCUT2D eigenvalue weighted by molar-refractivity contribution is 7.98. The third-order valence-corrected chi connectivity index (χ3v) is 4.71. The van der Waals surface area contributed by atoms with Crippen molar-refractivity contribution in [2.75, 3.05) is 13.7 Å². The molecule has 0 saturated carbocycles. The molecule has 140 valence electrons. The number of amides is 1. The standard InChI is InChI=1S/C19H20F3NO2S/c1-25-17-10-3-2-8-15(17)13-26-16-9-4-6-14(12-16)7-5-11-23-18(24)19(20,21)22/h2-4,6,8-10,12H,5,7,11,13H2,1H3,(H,23,24). The Hall–Kier alpha value is -2.15. The number of nitrogens with one attached hydrogen (secondary N) is 1. The minimum absolute atomic E-state index is 0.00305. The van der Waals surface area contributed by atoms with E-state index in [4.69, 9.17) is 4.74 Å². The highest BCUT2D eigenvalue weighted by Gasteiger charge is 2.38. The van der Waals surface area contributed by atoms with E-state index in [2.05, 4.69) is 0 Å². The number of carbonyl (C=O) groups excluding carboxylic acids is 1. The second kappa shape index (κ2) is 9.52. The van der Waals surface area contributed by atoms with Crippen molar-refractivity contribution in [2.24, 2.45) is 0 Å². The number of carbonyl (C=O) groups is 1. The van der Waals surface area contributed by atoms with Crippen LogP contribution in [0.1, 0.15) is 17.5 Å². The Morgan fingerprint density at radius 1 is 1.15 bits per heavy atom. The molecule has 0 radical (unpaired) electrons. The number of halogens is 3. The van der Waals surface area contributed by atoms with Gasteiger partial charge in [-0.3, -0.25) is 4.79 Å². The van der Waals surface area contributed by atoms with E-state index in [1.54, 1.807) is 18.9 Å². The SMILES string of the molecule is COc1ccccc1CSc1cccc(CCCNC(=O)C(F)(F)F)c1. The van der Waals surface area contributed by atoms with Crippen LogP contribution in [-0.2, 0) is 17.0 Å². The Morgan fingerprint density at radius 3 is 2.65 bits per heavy atom. The van der Waals surface area contributed by atoms with Crippen LogP contribution in [0, 0.1) is 0 Å². The summed E-state index contributed by atoms with van der Waals surface area (Å²) in [6, 6.07) is 15.7. The first-order valence-electron chi connectivity index (χ1n) is 8.09. The monoisotopic (exact) mass is 383 g/mol. The second-order valence-electron chi connectivity index (χ2n) is 5.61. The van der Waals surface area contributed by atoms with Gasteiger partial charge in [0, 0.05) is 22.8 Å². The summed E-state index contributed by atoms with van der Waals surface area (Å²) in [5.41, 5.74) is 2.12. The van der Waals surface area contributed by atoms with Crippen molar-refractivity contribution in [1.29, 1.82) is 0 Å². The van der Waals surface area contributed by atoms with Gasteiger partial charge in [0.15, 0.2) is 0 Å². The summed E-state index contributed by atoms with van der Waals surface area (Å²) in [4.78, 5) is 11.8. The summed E-state index contributed by atoms with van der Waals surface area (Å²) in [7, 11) is 1.64. The second-order valence-corrected chi connectivity index (χ2v) is 6.65. The molecule has 7 heteroatoms. The zero-order valence-corrected chi connectivity index (χ0v) is 15.1. The van der Waals surface area contributed by atoms with Crippen molar-refractivity contribution < 1.29 is 22.7 Å². The molecule has 1 N–H and O–H groups in total. The topological polar surface area (TPSA) is 38.3 Å². The number of aryl methyl sites for hydroxylation is 1. The van der Waals surface area contributed by atoms with E-state index in [-0.39, 0.29) is 6.54 Å². The summed E-state index contributed by atoms with van der Waals surface area (Å²) in [5.74, 6) is -0.287. The Morgan fingerprint density at radius 2 is 1.92 bits per heavy atom. The van der Waals surface area contributed by atoms with E-state index < -0.39 is 12.1 Å². The van der Waals surface area contributed by atoms with Crippen LogP contribution in [0.4, 0.5) is 13.2 Å². The third kappa shape index (κ3) is 6.29. The number of hydrogen-bond acceptors (Lipinski definition) is 3. The number of benzene rings is 2. The quantitative estimate of drug-likeness (QED) is 0.535. The smallest absolute Gasteiger partial charge is 0.471 e. The van der Waals surface area contributed by atoms with Crippen LogP contribution in [0.2, 0.25) is 0 Å². The maximum Gasteiger partial charge on any atom is 0.471 e. The summed E-state index contributed by atoms with van der Waals surface area (Å²) in [6.45, 7) is -0.00305. The number of alkyl halides is 3. The number of thioether (sulfide) groups is 1. The van der Waals surface area contributed by atoms with Gasteiger partial charge >= 0.3 is 12.1 Å². The van der Waals surface area contributed by atoms with Crippen LogP contribution >= 0.6 is 11.8 Å². The van der Waals surface area contributed by atoms with E-state index in [0.29, 0.717) is 12.8 Å². The molecule has 0 fully saturated rings. The molecule has 2 rings (SSSR count). The van der Waals surface area contributed by atoms with Gasteiger partial charge in [0.1, 0.15) is 5.75 Å². The van der Waals surface area contributed by atoms with Crippen molar-refractivity contribution in [3.8, 4) is 5.75 Å². The molecule has 0 bridgehead atoms. The number of para-hydroxylation sites is 1. The first kappa shape index (κ1) is 20.2. The van der Waals surface area contributed by atoms with Crippen LogP contribution < -0.4 is 10.1 Å². The Balaban J connectivity index is 1.83. The molecule has 0 atom stereocenters. The Kier molecular flexibility index (Phi) is 7.38. The summed E-state index contributed by atoms with van der Waals surface area (Å²) < 4.78 is 41.7. The molecule has 0 spiro atoms. The lowest BCUT2D eigenvalue weighted by Crippen LogP contribution is -2.37. The highest BCUT2D eigenvalue weighted by Crippen LogP contribution is 2.28. The predicted octanol–water partition coefficient (Wildman–Crippen LogP) is 4.60. The molecular weight excluding hydrogens is 363 g/mol. The molecule has 0 aliphatic rings. The van der Waals surface area contributed by atoms with Crippen LogP contribution in [0.3, 0.4) is 0 Å². The van der Waals surface area contributed by atoms with E-state index in [1.807, 2.05) is 53.8 Å². The molecule has 26 heavy (non-hydrogen) atoms. The lowest BCUT2D eigenvalue weighted by atomic mass is 10.1. The molecular formula is C19H20F3NO2S. The third-order valence-electron chi connectivity index (χ3n) is 3.67. The molecule has 0 heterocycles. The molecule has 2 aromatic rings. The maximum atomic E-state index is 12.1. The maximum absolute atomic E-state index is 12.1. The number of ether oxygens (including phenoxy) is 1. The van der Waals surface area contributed by atoms with Crippen molar-refractivity contribution >= 4 is 17.7 Å². The summed E-state index contributed by atoms with van der Waals surface area (Å²) in [6.07, 6.45) is -3.78. The average Bonchev–Trinajstić information content (AvgIpc) is 2.63.